The van der Waals surface area contributed by atoms with Crippen LogP contribution < -0.4 is 15.2 Å². The monoisotopic (exact) mass is 713 g/mol. The van der Waals surface area contributed by atoms with E-state index in [0.29, 0.717) is 53.7 Å². The highest BCUT2D eigenvalue weighted by molar-refractivity contribution is 6.74. The first-order chi connectivity index (χ1) is 23.7. The molecule has 50 heavy (non-hydrogen) atoms. The van der Waals surface area contributed by atoms with Gasteiger partial charge in [-0.05, 0) is 77.8 Å². The topological polar surface area (TPSA) is 139 Å². The number of carbonyl (C=O) groups is 3. The number of ether oxygens (including phenoxy) is 2. The van der Waals surface area contributed by atoms with Crippen LogP contribution in [0.1, 0.15) is 47.9 Å². The third kappa shape index (κ3) is 7.37. The molecule has 0 saturated carbocycles. The molecule has 0 bridgehead atoms. The summed E-state index contributed by atoms with van der Waals surface area (Å²) in [7, 11) is -2.13. The Hall–Kier alpha value is -4.78. The largest absolute Gasteiger partial charge is 0.485 e. The first-order valence-electron chi connectivity index (χ1n) is 16.4. The molecular formula is C37H40ClN5O6Si. The predicted molar refractivity (Wildman–Crippen MR) is 195 cm³/mol. The van der Waals surface area contributed by atoms with Crippen LogP contribution in [-0.4, -0.2) is 71.4 Å². The molecule has 2 N–H and O–H groups in total. The first kappa shape index (κ1) is 35.1. The van der Waals surface area contributed by atoms with Crippen LogP contribution in [0.15, 0.2) is 73.1 Å². The molecule has 2 amide bonds. The maximum atomic E-state index is 13.8. The van der Waals surface area contributed by atoms with Crippen LogP contribution in [0, 0.1) is 0 Å². The number of primary amides is 1. The van der Waals surface area contributed by atoms with Crippen LogP contribution in [0.3, 0.4) is 0 Å². The number of benzene rings is 3. The second-order valence-corrected chi connectivity index (χ2v) is 19.2. The summed E-state index contributed by atoms with van der Waals surface area (Å²) < 4.78 is 20.3. The number of carbonyl (C=O) groups excluding carboxylic acids is 3. The Morgan fingerprint density at radius 3 is 2.54 bits per heavy atom. The lowest BCUT2D eigenvalue weighted by Gasteiger charge is -2.37. The maximum Gasteiger partial charge on any atom is 0.252 e. The second-order valence-electron chi connectivity index (χ2n) is 14.0. The van der Waals surface area contributed by atoms with Crippen LogP contribution in [0.25, 0.3) is 21.7 Å². The summed E-state index contributed by atoms with van der Waals surface area (Å²) in [5.41, 5.74) is 6.97. The molecule has 1 fully saturated rings. The van der Waals surface area contributed by atoms with Crippen molar-refractivity contribution in [2.24, 2.45) is 5.73 Å². The van der Waals surface area contributed by atoms with Crippen molar-refractivity contribution in [2.45, 2.75) is 58.0 Å². The number of hydrogen-bond acceptors (Lipinski definition) is 8. The molecule has 1 aliphatic heterocycles. The molecule has 260 valence electrons. The highest BCUT2D eigenvalue weighted by Crippen LogP contribution is 2.38. The number of ketones is 1. The first-order valence-corrected chi connectivity index (χ1v) is 19.7. The zero-order valence-corrected chi connectivity index (χ0v) is 30.5. The number of hydrogen-bond donors (Lipinski definition) is 1. The third-order valence-corrected chi connectivity index (χ3v) is 14.3. The van der Waals surface area contributed by atoms with Crippen LogP contribution >= 0.6 is 11.6 Å². The van der Waals surface area contributed by atoms with Gasteiger partial charge in [0.2, 0.25) is 11.7 Å². The summed E-state index contributed by atoms with van der Waals surface area (Å²) in [4.78, 5) is 41.3. The van der Waals surface area contributed by atoms with E-state index in [2.05, 4.69) is 44.1 Å². The number of nitrogens with zero attached hydrogens (tertiary/aromatic N) is 4. The molecule has 1 aliphatic rings. The molecule has 6 rings (SSSR count). The van der Waals surface area contributed by atoms with E-state index >= 15 is 0 Å². The number of Topliss-reactive ketones (excluding diaryl/α,β-unsaturated/α-hetero) is 1. The van der Waals surface area contributed by atoms with Gasteiger partial charge in [-0.3, -0.25) is 14.4 Å². The van der Waals surface area contributed by atoms with Crippen molar-refractivity contribution < 1.29 is 28.3 Å². The SMILES string of the molecule is CC(C)(C)[Si](C)(C)OC1CCN(CCn2cc(C(=O)COc3cc4ccc(Cl)cc4cc3C(N)=O)c3ccc(Oc4cccnn4)cc32)C1=O. The number of halogens is 1. The quantitative estimate of drug-likeness (QED) is 0.108. The molecule has 3 heterocycles. The minimum absolute atomic E-state index is 0.00741. The van der Waals surface area contributed by atoms with Crippen molar-refractivity contribution in [1.82, 2.24) is 19.7 Å². The number of amides is 2. The van der Waals surface area contributed by atoms with Gasteiger partial charge >= 0.3 is 0 Å². The Labute approximate surface area is 296 Å². The summed E-state index contributed by atoms with van der Waals surface area (Å²) in [6.45, 7) is 11.9. The lowest BCUT2D eigenvalue weighted by Crippen LogP contribution is -2.46. The molecule has 0 spiro atoms. The molecule has 0 radical (unpaired) electrons. The van der Waals surface area contributed by atoms with Gasteiger partial charge in [0, 0.05) is 60.1 Å². The van der Waals surface area contributed by atoms with Crippen molar-refractivity contribution in [3.05, 3.63) is 89.2 Å². The number of likely N-dealkylation sites (tertiary alicyclic amines) is 1. The van der Waals surface area contributed by atoms with Crippen LogP contribution in [0.5, 0.6) is 17.4 Å². The molecule has 2 aromatic heterocycles. The smallest absolute Gasteiger partial charge is 0.252 e. The van der Waals surface area contributed by atoms with Crippen molar-refractivity contribution >= 4 is 59.2 Å². The normalized spacial score (nSPS) is 15.2. The van der Waals surface area contributed by atoms with Crippen LogP contribution in [0.2, 0.25) is 23.2 Å². The molecule has 11 nitrogen and oxygen atoms in total. The van der Waals surface area contributed by atoms with E-state index in [4.69, 9.17) is 31.2 Å². The lowest BCUT2D eigenvalue weighted by atomic mass is 10.1. The van der Waals surface area contributed by atoms with E-state index in [-0.39, 0.29) is 34.6 Å². The van der Waals surface area contributed by atoms with E-state index in [9.17, 15) is 14.4 Å². The van der Waals surface area contributed by atoms with Gasteiger partial charge in [-0.15, -0.1) is 5.10 Å². The fourth-order valence-corrected chi connectivity index (χ4v) is 7.25. The number of rotatable bonds is 12. The van der Waals surface area contributed by atoms with E-state index in [1.165, 1.54) is 0 Å². The van der Waals surface area contributed by atoms with Crippen LogP contribution in [-0.2, 0) is 15.8 Å². The number of aromatic nitrogens is 3. The Morgan fingerprint density at radius 2 is 1.82 bits per heavy atom. The minimum Gasteiger partial charge on any atom is -0.485 e. The highest BCUT2D eigenvalue weighted by Gasteiger charge is 2.43. The van der Waals surface area contributed by atoms with Gasteiger partial charge in [0.1, 0.15) is 17.6 Å². The minimum atomic E-state index is -2.13. The molecular weight excluding hydrogens is 674 g/mol. The van der Waals surface area contributed by atoms with Gasteiger partial charge in [0.25, 0.3) is 11.8 Å². The van der Waals surface area contributed by atoms with Crippen molar-refractivity contribution in [3.63, 3.8) is 0 Å². The molecule has 1 saturated heterocycles. The Kier molecular flexibility index (Phi) is 9.71. The Morgan fingerprint density at radius 1 is 1.02 bits per heavy atom. The molecule has 1 unspecified atom stereocenters. The third-order valence-electron chi connectivity index (χ3n) is 9.55. The molecule has 3 aromatic carbocycles. The van der Waals surface area contributed by atoms with Crippen molar-refractivity contribution in [3.8, 4) is 17.4 Å². The molecule has 1 atom stereocenters. The summed E-state index contributed by atoms with van der Waals surface area (Å²) in [6.07, 6.45) is 3.52. The second kappa shape index (κ2) is 13.9. The standard InChI is InChI=1S/C37H40ClN5O6Si/c1-37(2,3)50(4,5)49-32-12-14-42(36(32)46)15-16-43-21-29(27-11-10-26(20-30(27)43)48-34-7-6-13-40-41-34)31(44)22-47-33-19-23-8-9-25(38)17-24(23)18-28(33)35(39)45/h6-11,13,17-21,32H,12,14-16,22H2,1-5H3,(H2,39,45). The van der Waals surface area contributed by atoms with E-state index in [0.717, 1.165) is 16.3 Å². The molecule has 5 aromatic rings. The summed E-state index contributed by atoms with van der Waals surface area (Å²) in [5, 5.41) is 10.6. The summed E-state index contributed by atoms with van der Waals surface area (Å²) in [5.74, 6) is 0.0396. The lowest BCUT2D eigenvalue weighted by molar-refractivity contribution is -0.133. The Balaban J connectivity index is 1.25. The van der Waals surface area contributed by atoms with Gasteiger partial charge in [-0.1, -0.05) is 38.4 Å². The van der Waals surface area contributed by atoms with Gasteiger partial charge < -0.3 is 29.1 Å². The summed E-state index contributed by atoms with van der Waals surface area (Å²) in [6, 6.07) is 17.4. The predicted octanol–water partition coefficient (Wildman–Crippen LogP) is 7.01. The van der Waals surface area contributed by atoms with Crippen LogP contribution in [0.4, 0.5) is 0 Å². The van der Waals surface area contributed by atoms with E-state index in [1.807, 2.05) is 21.6 Å². The van der Waals surface area contributed by atoms with E-state index in [1.54, 1.807) is 60.9 Å². The maximum absolute atomic E-state index is 13.8. The fourth-order valence-electron chi connectivity index (χ4n) is 5.79. The zero-order chi connectivity index (χ0) is 35.8. The van der Waals surface area contributed by atoms with Gasteiger partial charge in [-0.2, -0.15) is 5.10 Å². The average Bonchev–Trinajstić information content (AvgIpc) is 3.60. The number of fused-ring (bicyclic) bond motifs is 2. The average molecular weight is 714 g/mol. The molecule has 0 aliphatic carbocycles. The molecule has 13 heteroatoms. The van der Waals surface area contributed by atoms with Crippen molar-refractivity contribution in [1.29, 1.82) is 0 Å². The number of nitrogens with two attached hydrogens (primary N) is 1. The van der Waals surface area contributed by atoms with E-state index < -0.39 is 20.3 Å². The van der Waals surface area contributed by atoms with Crippen molar-refractivity contribution in [2.75, 3.05) is 19.7 Å². The van der Waals surface area contributed by atoms with Gasteiger partial charge in [0.15, 0.2) is 14.9 Å². The van der Waals surface area contributed by atoms with Gasteiger partial charge in [-0.25, -0.2) is 0 Å². The summed E-state index contributed by atoms with van der Waals surface area (Å²) >= 11 is 6.14. The van der Waals surface area contributed by atoms with Gasteiger partial charge in [0.05, 0.1) is 11.1 Å². The Bertz CT molecular complexity index is 2100. The zero-order valence-electron chi connectivity index (χ0n) is 28.7. The fraction of sp³-hybridized carbons (Fsp3) is 0.324. The highest BCUT2D eigenvalue weighted by atomic mass is 35.5.